The molecule has 0 aromatic heterocycles. The predicted octanol–water partition coefficient (Wildman–Crippen LogP) is 3.50. The molecule has 1 N–H and O–H groups in total. The van der Waals surface area contributed by atoms with Crippen LogP contribution in [0.2, 0.25) is 0 Å². The van der Waals surface area contributed by atoms with E-state index in [4.69, 9.17) is 14.7 Å². The first kappa shape index (κ1) is 17.3. The molecule has 0 aliphatic heterocycles. The minimum absolute atomic E-state index is 0.0859. The van der Waals surface area contributed by atoms with Gasteiger partial charge in [-0.25, -0.2) is 4.39 Å². The molecule has 0 unspecified atom stereocenters. The first-order valence-electron chi connectivity index (χ1n) is 7.44. The Morgan fingerprint density at radius 3 is 2.71 bits per heavy atom. The average molecular weight is 328 g/mol. The number of hydrogen-bond donors (Lipinski definition) is 1. The molecule has 1 atom stereocenters. The number of halogens is 1. The molecule has 0 aliphatic rings. The molecule has 0 saturated carbocycles. The molecule has 2 aromatic rings. The maximum atomic E-state index is 13.6. The highest BCUT2D eigenvalue weighted by atomic mass is 19.1. The molecule has 0 radical (unpaired) electrons. The summed E-state index contributed by atoms with van der Waals surface area (Å²) in [6.07, 6.45) is -0.878. The molecule has 0 saturated heterocycles. The van der Waals surface area contributed by atoms with Gasteiger partial charge >= 0.3 is 0 Å². The van der Waals surface area contributed by atoms with Crippen molar-refractivity contribution in [1.29, 1.82) is 5.26 Å². The van der Waals surface area contributed by atoms with Gasteiger partial charge in [-0.1, -0.05) is 12.1 Å². The summed E-state index contributed by atoms with van der Waals surface area (Å²) in [5.41, 5.74) is 0.511. The number of hydrogen-bond acceptors (Lipinski definition) is 4. The van der Waals surface area contributed by atoms with Crippen LogP contribution in [0.15, 0.2) is 42.5 Å². The van der Waals surface area contributed by atoms with Crippen LogP contribution in [0.25, 0.3) is 0 Å². The number of benzene rings is 2. The normalized spacial score (nSPS) is 11.2. The summed E-state index contributed by atoms with van der Waals surface area (Å²) < 4.78 is 24.6. The lowest BCUT2D eigenvalue weighted by Crippen LogP contribution is -2.30. The van der Waals surface area contributed by atoms with Gasteiger partial charge in [-0.15, -0.1) is 0 Å². The summed E-state index contributed by atoms with van der Waals surface area (Å²) in [7, 11) is 0. The highest BCUT2D eigenvalue weighted by molar-refractivity contribution is 5.94. The second kappa shape index (κ2) is 7.97. The number of nitriles is 1. The van der Waals surface area contributed by atoms with Crippen molar-refractivity contribution in [2.75, 3.05) is 11.9 Å². The van der Waals surface area contributed by atoms with Gasteiger partial charge in [0.2, 0.25) is 0 Å². The summed E-state index contributed by atoms with van der Waals surface area (Å²) >= 11 is 0. The third-order valence-electron chi connectivity index (χ3n) is 3.18. The van der Waals surface area contributed by atoms with Crippen molar-refractivity contribution >= 4 is 11.6 Å². The largest absolute Gasteiger partial charge is 0.490 e. The van der Waals surface area contributed by atoms with Gasteiger partial charge in [-0.05, 0) is 38.1 Å². The Hall–Kier alpha value is -3.07. The maximum Gasteiger partial charge on any atom is 0.265 e. The molecule has 0 bridgehead atoms. The number of anilines is 1. The Kier molecular flexibility index (Phi) is 5.74. The van der Waals surface area contributed by atoms with Gasteiger partial charge in [0.1, 0.15) is 5.82 Å². The van der Waals surface area contributed by atoms with E-state index in [0.29, 0.717) is 23.7 Å². The van der Waals surface area contributed by atoms with E-state index in [0.717, 1.165) is 0 Å². The molecule has 2 aromatic carbocycles. The lowest BCUT2D eigenvalue weighted by atomic mass is 10.2. The second-order valence-corrected chi connectivity index (χ2v) is 4.94. The fourth-order valence-electron chi connectivity index (χ4n) is 1.98. The van der Waals surface area contributed by atoms with Crippen LogP contribution in [-0.2, 0) is 4.79 Å². The van der Waals surface area contributed by atoms with Gasteiger partial charge in [0.05, 0.1) is 23.9 Å². The molecule has 0 aliphatic carbocycles. The van der Waals surface area contributed by atoms with Crippen molar-refractivity contribution in [3.05, 3.63) is 53.8 Å². The standard InChI is InChI=1S/C18H17FN2O3/c1-3-23-17-10-13(11-20)8-9-16(17)24-12(2)18(22)21-15-7-5-4-6-14(15)19/h4-10,12H,3H2,1-2H3,(H,21,22)/t12-/m1/s1. The first-order chi connectivity index (χ1) is 11.5. The Morgan fingerprint density at radius 2 is 2.04 bits per heavy atom. The maximum absolute atomic E-state index is 13.6. The lowest BCUT2D eigenvalue weighted by molar-refractivity contribution is -0.122. The molecule has 1 amide bonds. The average Bonchev–Trinajstić information content (AvgIpc) is 2.58. The molecule has 0 spiro atoms. The van der Waals surface area contributed by atoms with Crippen molar-refractivity contribution in [2.45, 2.75) is 20.0 Å². The Bertz CT molecular complexity index is 771. The number of rotatable bonds is 6. The van der Waals surface area contributed by atoms with E-state index >= 15 is 0 Å². The number of nitrogens with zero attached hydrogens (tertiary/aromatic N) is 1. The van der Waals surface area contributed by atoms with Crippen LogP contribution in [0.4, 0.5) is 10.1 Å². The van der Waals surface area contributed by atoms with Crippen LogP contribution < -0.4 is 14.8 Å². The van der Waals surface area contributed by atoms with Gasteiger partial charge in [0.15, 0.2) is 17.6 Å². The summed E-state index contributed by atoms with van der Waals surface area (Å²) in [4.78, 5) is 12.2. The second-order valence-electron chi connectivity index (χ2n) is 4.94. The lowest BCUT2D eigenvalue weighted by Gasteiger charge is -2.17. The zero-order chi connectivity index (χ0) is 17.5. The molecule has 5 nitrogen and oxygen atoms in total. The van der Waals surface area contributed by atoms with Crippen molar-refractivity contribution in [2.24, 2.45) is 0 Å². The van der Waals surface area contributed by atoms with Gasteiger partial charge < -0.3 is 14.8 Å². The smallest absolute Gasteiger partial charge is 0.265 e. The first-order valence-corrected chi connectivity index (χ1v) is 7.44. The zero-order valence-corrected chi connectivity index (χ0v) is 13.4. The van der Waals surface area contributed by atoms with Crippen molar-refractivity contribution in [3.8, 4) is 17.6 Å². The summed E-state index contributed by atoms with van der Waals surface area (Å²) in [6.45, 7) is 3.74. The van der Waals surface area contributed by atoms with Crippen LogP contribution in [0.5, 0.6) is 11.5 Å². The van der Waals surface area contributed by atoms with E-state index in [1.807, 2.05) is 6.07 Å². The van der Waals surface area contributed by atoms with Gasteiger partial charge in [0, 0.05) is 6.07 Å². The third-order valence-corrected chi connectivity index (χ3v) is 3.18. The summed E-state index contributed by atoms with van der Waals surface area (Å²) in [5, 5.41) is 11.4. The molecular weight excluding hydrogens is 311 g/mol. The summed E-state index contributed by atoms with van der Waals surface area (Å²) in [5.74, 6) is -0.299. The fourth-order valence-corrected chi connectivity index (χ4v) is 1.98. The van der Waals surface area contributed by atoms with Crippen LogP contribution in [0.1, 0.15) is 19.4 Å². The predicted molar refractivity (Wildman–Crippen MR) is 87.4 cm³/mol. The quantitative estimate of drug-likeness (QED) is 0.881. The Balaban J connectivity index is 2.11. The van der Waals surface area contributed by atoms with E-state index in [1.54, 1.807) is 38.1 Å². The topological polar surface area (TPSA) is 71.3 Å². The van der Waals surface area contributed by atoms with Crippen LogP contribution >= 0.6 is 0 Å². The van der Waals surface area contributed by atoms with Crippen molar-refractivity contribution in [3.63, 3.8) is 0 Å². The SMILES string of the molecule is CCOc1cc(C#N)ccc1O[C@H](C)C(=O)Nc1ccccc1F. The highest BCUT2D eigenvalue weighted by Gasteiger charge is 2.18. The highest BCUT2D eigenvalue weighted by Crippen LogP contribution is 2.29. The fraction of sp³-hybridized carbons (Fsp3) is 0.222. The van der Waals surface area contributed by atoms with E-state index in [2.05, 4.69) is 5.32 Å². The minimum Gasteiger partial charge on any atom is -0.490 e. The Labute approximate surface area is 139 Å². The molecule has 0 heterocycles. The molecular formula is C18H17FN2O3. The van der Waals surface area contributed by atoms with E-state index in [9.17, 15) is 9.18 Å². The van der Waals surface area contributed by atoms with Crippen molar-refractivity contribution in [1.82, 2.24) is 0 Å². The minimum atomic E-state index is -0.878. The monoisotopic (exact) mass is 328 g/mol. The van der Waals surface area contributed by atoms with Gasteiger partial charge in [0.25, 0.3) is 5.91 Å². The number of para-hydroxylation sites is 1. The summed E-state index contributed by atoms with van der Waals surface area (Å²) in [6, 6.07) is 12.6. The number of ether oxygens (including phenoxy) is 2. The molecule has 0 fully saturated rings. The van der Waals surface area contributed by atoms with Crippen molar-refractivity contribution < 1.29 is 18.7 Å². The number of amides is 1. The van der Waals surface area contributed by atoms with Crippen LogP contribution in [0.3, 0.4) is 0 Å². The number of carbonyl (C=O) groups excluding carboxylic acids is 1. The van der Waals surface area contributed by atoms with Crippen LogP contribution in [0, 0.1) is 17.1 Å². The molecule has 6 heteroatoms. The van der Waals surface area contributed by atoms with E-state index < -0.39 is 17.8 Å². The van der Waals surface area contributed by atoms with Gasteiger partial charge in [-0.3, -0.25) is 4.79 Å². The van der Waals surface area contributed by atoms with Crippen LogP contribution in [-0.4, -0.2) is 18.6 Å². The molecule has 124 valence electrons. The molecule has 2 rings (SSSR count). The Morgan fingerprint density at radius 1 is 1.29 bits per heavy atom. The molecule has 24 heavy (non-hydrogen) atoms. The van der Waals surface area contributed by atoms with E-state index in [1.165, 1.54) is 18.2 Å². The number of nitrogens with one attached hydrogen (secondary N) is 1. The zero-order valence-electron chi connectivity index (χ0n) is 13.4. The third kappa shape index (κ3) is 4.23. The van der Waals surface area contributed by atoms with Gasteiger partial charge in [-0.2, -0.15) is 5.26 Å². The number of carbonyl (C=O) groups is 1. The van der Waals surface area contributed by atoms with E-state index in [-0.39, 0.29) is 5.69 Å².